The van der Waals surface area contributed by atoms with Gasteiger partial charge in [-0.2, -0.15) is 0 Å². The highest BCUT2D eigenvalue weighted by atomic mass is 32.2. The number of benzene rings is 2. The number of anilines is 1. The van der Waals surface area contributed by atoms with Crippen LogP contribution in [0.15, 0.2) is 64.6 Å². The number of hydrogen-bond donors (Lipinski definition) is 1. The number of hydrogen-bond acceptors (Lipinski definition) is 5. The second-order valence-electron chi connectivity index (χ2n) is 5.94. The summed E-state index contributed by atoms with van der Waals surface area (Å²) in [7, 11) is 0. The van der Waals surface area contributed by atoms with E-state index in [-0.39, 0.29) is 5.91 Å². The normalized spacial score (nSPS) is 10.5. The lowest BCUT2D eigenvalue weighted by molar-refractivity contribution is 0.102. The Kier molecular flexibility index (Phi) is 6.08. The van der Waals surface area contributed by atoms with E-state index in [0.29, 0.717) is 17.9 Å². The van der Waals surface area contributed by atoms with Gasteiger partial charge in [0.05, 0.1) is 12.2 Å². The first-order valence-corrected chi connectivity index (χ1v) is 9.50. The van der Waals surface area contributed by atoms with Crippen LogP contribution in [0.4, 0.5) is 5.69 Å². The molecule has 0 unspecified atom stereocenters. The fraction of sp³-hybridized carbons (Fsp3) is 0.190. The Hall–Kier alpha value is -2.86. The van der Waals surface area contributed by atoms with Gasteiger partial charge in [-0.3, -0.25) is 4.79 Å². The van der Waals surface area contributed by atoms with Crippen molar-refractivity contribution in [2.75, 3.05) is 11.9 Å². The van der Waals surface area contributed by atoms with Crippen molar-refractivity contribution in [1.29, 1.82) is 0 Å². The summed E-state index contributed by atoms with van der Waals surface area (Å²) in [6.07, 6.45) is 0. The molecule has 0 aliphatic rings. The molecule has 0 atom stereocenters. The maximum atomic E-state index is 12.5. The Labute approximate surface area is 163 Å². The van der Waals surface area contributed by atoms with Gasteiger partial charge in [0.25, 0.3) is 5.91 Å². The van der Waals surface area contributed by atoms with Crippen LogP contribution in [0, 0.1) is 13.8 Å². The van der Waals surface area contributed by atoms with Crippen LogP contribution >= 0.6 is 11.8 Å². The first-order chi connectivity index (χ1) is 13.0. The number of carbonyl (C=O) groups is 1. The number of nitrogens with one attached hydrogen (secondary N) is 1. The van der Waals surface area contributed by atoms with E-state index < -0.39 is 0 Å². The van der Waals surface area contributed by atoms with Gasteiger partial charge in [-0.25, -0.2) is 9.97 Å². The summed E-state index contributed by atoms with van der Waals surface area (Å²) in [5.74, 6) is 0.383. The van der Waals surface area contributed by atoms with Crippen LogP contribution in [0.25, 0.3) is 0 Å². The molecule has 1 amide bonds. The van der Waals surface area contributed by atoms with Crippen molar-refractivity contribution in [3.8, 4) is 5.75 Å². The second-order valence-corrected chi connectivity index (χ2v) is 6.98. The van der Waals surface area contributed by atoms with Gasteiger partial charge in [-0.1, -0.05) is 12.1 Å². The molecule has 3 aromatic rings. The SMILES string of the molecule is CCOc1ccccc1C(=O)Nc1ccc(Sc2nc(C)cc(C)n2)cc1. The molecule has 3 rings (SSSR count). The van der Waals surface area contributed by atoms with Crippen LogP contribution in [0.2, 0.25) is 0 Å². The lowest BCUT2D eigenvalue weighted by Gasteiger charge is -2.11. The van der Waals surface area contributed by atoms with Crippen LogP contribution in [-0.4, -0.2) is 22.5 Å². The monoisotopic (exact) mass is 379 g/mol. The predicted molar refractivity (Wildman–Crippen MR) is 108 cm³/mol. The number of nitrogens with zero attached hydrogens (tertiary/aromatic N) is 2. The Balaban J connectivity index is 1.69. The van der Waals surface area contributed by atoms with Crippen molar-refractivity contribution in [3.05, 3.63) is 71.5 Å². The first-order valence-electron chi connectivity index (χ1n) is 8.68. The lowest BCUT2D eigenvalue weighted by Crippen LogP contribution is -2.13. The summed E-state index contributed by atoms with van der Waals surface area (Å²) in [5.41, 5.74) is 3.13. The molecule has 0 aliphatic heterocycles. The smallest absolute Gasteiger partial charge is 0.259 e. The Bertz CT molecular complexity index is 922. The molecular weight excluding hydrogens is 358 g/mol. The van der Waals surface area contributed by atoms with Gasteiger partial charge in [0.1, 0.15) is 5.75 Å². The van der Waals surface area contributed by atoms with E-state index in [2.05, 4.69) is 15.3 Å². The van der Waals surface area contributed by atoms with Gasteiger partial charge in [0.2, 0.25) is 0 Å². The highest BCUT2D eigenvalue weighted by molar-refractivity contribution is 7.99. The van der Waals surface area contributed by atoms with Gasteiger partial charge in [0, 0.05) is 22.0 Å². The van der Waals surface area contributed by atoms with Crippen LogP contribution in [0.5, 0.6) is 5.75 Å². The molecule has 1 heterocycles. The average molecular weight is 379 g/mol. The maximum absolute atomic E-state index is 12.5. The van der Waals surface area contributed by atoms with Crippen LogP contribution in [0.3, 0.4) is 0 Å². The fourth-order valence-corrected chi connectivity index (χ4v) is 3.45. The molecule has 0 fully saturated rings. The summed E-state index contributed by atoms with van der Waals surface area (Å²) in [4.78, 5) is 22.4. The zero-order valence-corrected chi connectivity index (χ0v) is 16.3. The maximum Gasteiger partial charge on any atom is 0.259 e. The number of amides is 1. The summed E-state index contributed by atoms with van der Waals surface area (Å²) in [6.45, 7) is 6.32. The number of ether oxygens (including phenoxy) is 1. The highest BCUT2D eigenvalue weighted by Gasteiger charge is 2.12. The quantitative estimate of drug-likeness (QED) is 0.618. The van der Waals surface area contributed by atoms with Crippen molar-refractivity contribution < 1.29 is 9.53 Å². The standard InChI is InChI=1S/C21H21N3O2S/c1-4-26-19-8-6-5-7-18(19)20(25)24-16-9-11-17(12-10-16)27-21-22-14(2)13-15(3)23-21/h5-13H,4H2,1-3H3,(H,24,25). The number of carbonyl (C=O) groups excluding carboxylic acids is 1. The predicted octanol–water partition coefficient (Wildman–Crippen LogP) is 4.90. The molecule has 1 N–H and O–H groups in total. The molecule has 0 aliphatic carbocycles. The van der Waals surface area contributed by atoms with Crippen molar-refractivity contribution in [2.45, 2.75) is 30.8 Å². The minimum absolute atomic E-state index is 0.197. The molecule has 0 saturated heterocycles. The topological polar surface area (TPSA) is 64.1 Å². The van der Waals surface area contributed by atoms with Crippen molar-refractivity contribution in [3.63, 3.8) is 0 Å². The van der Waals surface area contributed by atoms with Crippen LogP contribution in [-0.2, 0) is 0 Å². The molecule has 0 radical (unpaired) electrons. The molecular formula is C21H21N3O2S. The Morgan fingerprint density at radius 3 is 2.37 bits per heavy atom. The van der Waals surface area contributed by atoms with Gasteiger partial charge < -0.3 is 10.1 Å². The third-order valence-corrected chi connectivity index (χ3v) is 4.59. The fourth-order valence-electron chi connectivity index (χ4n) is 2.58. The minimum atomic E-state index is -0.197. The largest absolute Gasteiger partial charge is 0.493 e. The van der Waals surface area contributed by atoms with Gasteiger partial charge in [-0.15, -0.1) is 0 Å². The molecule has 5 nitrogen and oxygen atoms in total. The van der Waals surface area contributed by atoms with E-state index in [0.717, 1.165) is 27.1 Å². The van der Waals surface area contributed by atoms with Crippen molar-refractivity contribution in [1.82, 2.24) is 9.97 Å². The van der Waals surface area contributed by atoms with E-state index in [9.17, 15) is 4.79 Å². The summed E-state index contributed by atoms with van der Waals surface area (Å²) in [5, 5.41) is 3.62. The van der Waals surface area contributed by atoms with E-state index >= 15 is 0 Å². The summed E-state index contributed by atoms with van der Waals surface area (Å²) >= 11 is 1.49. The molecule has 138 valence electrons. The van der Waals surface area contributed by atoms with Crippen LogP contribution in [0.1, 0.15) is 28.7 Å². The summed E-state index contributed by atoms with van der Waals surface area (Å²) < 4.78 is 5.52. The van der Waals surface area contributed by atoms with E-state index in [1.165, 1.54) is 11.8 Å². The van der Waals surface area contributed by atoms with Crippen molar-refractivity contribution in [2.24, 2.45) is 0 Å². The lowest BCUT2D eigenvalue weighted by atomic mass is 10.2. The van der Waals surface area contributed by atoms with Crippen molar-refractivity contribution >= 4 is 23.4 Å². The average Bonchev–Trinajstić information content (AvgIpc) is 2.63. The summed E-state index contributed by atoms with van der Waals surface area (Å²) in [6, 6.07) is 16.8. The van der Waals surface area contributed by atoms with E-state index in [1.54, 1.807) is 12.1 Å². The molecule has 0 saturated carbocycles. The van der Waals surface area contributed by atoms with Gasteiger partial charge >= 0.3 is 0 Å². The highest BCUT2D eigenvalue weighted by Crippen LogP contribution is 2.27. The van der Waals surface area contributed by atoms with E-state index in [4.69, 9.17) is 4.74 Å². The van der Waals surface area contributed by atoms with Crippen LogP contribution < -0.4 is 10.1 Å². The first kappa shape index (κ1) is 18.9. The molecule has 1 aromatic heterocycles. The number of para-hydroxylation sites is 1. The molecule has 6 heteroatoms. The Morgan fingerprint density at radius 1 is 1.04 bits per heavy atom. The molecule has 27 heavy (non-hydrogen) atoms. The third-order valence-electron chi connectivity index (χ3n) is 3.71. The number of aryl methyl sites for hydroxylation is 2. The zero-order chi connectivity index (χ0) is 19.2. The minimum Gasteiger partial charge on any atom is -0.493 e. The van der Waals surface area contributed by atoms with Gasteiger partial charge in [-0.05, 0) is 75.0 Å². The third kappa shape index (κ3) is 5.08. The molecule has 0 bridgehead atoms. The van der Waals surface area contributed by atoms with Gasteiger partial charge in [0.15, 0.2) is 5.16 Å². The second kappa shape index (κ2) is 8.68. The molecule has 0 spiro atoms. The van der Waals surface area contributed by atoms with E-state index in [1.807, 2.05) is 63.2 Å². The zero-order valence-electron chi connectivity index (χ0n) is 15.5. The Morgan fingerprint density at radius 2 is 1.70 bits per heavy atom. The molecule has 2 aromatic carbocycles. The number of aromatic nitrogens is 2. The number of rotatable bonds is 6.